The minimum Gasteiger partial charge on any atom is -0.508 e. The Labute approximate surface area is 216 Å². The maximum Gasteiger partial charge on any atom is 0.336 e. The van der Waals surface area contributed by atoms with Gasteiger partial charge < -0.3 is 25.4 Å². The molecule has 0 radical (unpaired) electrons. The van der Waals surface area contributed by atoms with Crippen LogP contribution in [0.15, 0.2) is 54.6 Å². The predicted octanol–water partition coefficient (Wildman–Crippen LogP) is 6.87. The highest BCUT2D eigenvalue weighted by atomic mass is 16.5. The molecule has 0 saturated carbocycles. The summed E-state index contributed by atoms with van der Waals surface area (Å²) in [6.07, 6.45) is 2.28. The number of aromatic hydroxyl groups is 2. The Bertz CT molecular complexity index is 1290. The van der Waals surface area contributed by atoms with Crippen molar-refractivity contribution in [1.82, 2.24) is 0 Å². The molecule has 0 atom stereocenters. The second-order valence-electron chi connectivity index (χ2n) is 10.9. The lowest BCUT2D eigenvalue weighted by Crippen LogP contribution is -2.23. The molecule has 194 valence electrons. The van der Waals surface area contributed by atoms with Crippen LogP contribution < -0.4 is 10.1 Å². The van der Waals surface area contributed by atoms with E-state index < -0.39 is 11.9 Å². The lowest BCUT2D eigenvalue weighted by molar-refractivity contribution is -0.118. The van der Waals surface area contributed by atoms with Crippen molar-refractivity contribution in [2.75, 3.05) is 5.32 Å². The summed E-state index contributed by atoms with van der Waals surface area (Å²) in [5.41, 5.74) is 2.15. The zero-order valence-corrected chi connectivity index (χ0v) is 21.5. The molecular weight excluding hydrogens is 470 g/mol. The van der Waals surface area contributed by atoms with Crippen molar-refractivity contribution in [3.05, 3.63) is 76.9 Å². The first-order valence-corrected chi connectivity index (χ1v) is 12.4. The molecule has 37 heavy (non-hydrogen) atoms. The van der Waals surface area contributed by atoms with E-state index in [0.717, 1.165) is 12.8 Å². The number of phenols is 2. The topological polar surface area (TPSA) is 116 Å². The molecule has 1 aliphatic heterocycles. The number of fused-ring (bicyclic) bond motifs is 2. The van der Waals surface area contributed by atoms with Crippen LogP contribution in [-0.2, 0) is 4.79 Å². The van der Waals surface area contributed by atoms with Crippen LogP contribution in [0.3, 0.4) is 0 Å². The van der Waals surface area contributed by atoms with E-state index in [0.29, 0.717) is 46.2 Å². The summed E-state index contributed by atoms with van der Waals surface area (Å²) in [4.78, 5) is 25.2. The monoisotopic (exact) mass is 503 g/mol. The average Bonchev–Trinajstić information content (AvgIpc) is 2.81. The number of carboxylic acid groups (broad SMARTS) is 1. The number of ether oxygens (including phenoxy) is 1. The summed E-state index contributed by atoms with van der Waals surface area (Å²) < 4.78 is 5.92. The molecule has 1 heterocycles. The van der Waals surface area contributed by atoms with Crippen LogP contribution >= 0.6 is 0 Å². The van der Waals surface area contributed by atoms with Crippen LogP contribution in [-0.4, -0.2) is 27.2 Å². The molecule has 0 fully saturated rings. The minimum absolute atomic E-state index is 0.00828. The Morgan fingerprint density at radius 2 is 1.49 bits per heavy atom. The van der Waals surface area contributed by atoms with E-state index in [4.69, 9.17) is 4.74 Å². The Morgan fingerprint density at radius 3 is 2.03 bits per heavy atom. The fourth-order valence-corrected chi connectivity index (χ4v) is 4.80. The second kappa shape index (κ2) is 10.2. The largest absolute Gasteiger partial charge is 0.508 e. The zero-order chi connectivity index (χ0) is 26.9. The minimum atomic E-state index is -1.13. The summed E-state index contributed by atoms with van der Waals surface area (Å²) in [5, 5.41) is 33.0. The van der Waals surface area contributed by atoms with E-state index in [1.54, 1.807) is 24.3 Å². The van der Waals surface area contributed by atoms with E-state index >= 15 is 0 Å². The van der Waals surface area contributed by atoms with Crippen LogP contribution in [0.1, 0.15) is 79.9 Å². The standard InChI is InChI=1S/C30H33NO6/c1-17(2)11-12-30(3,4)16-27(34)31-18-5-8-21(24(13-18)29(35)36)28-22-9-6-19(32)14-25(22)37-26-15-20(33)7-10-23(26)28/h5-10,13-15,17,28,32-33H,11-12,16H2,1-4H3,(H,31,34)(H,35,36). The summed E-state index contributed by atoms with van der Waals surface area (Å²) in [5.74, 6) is -0.489. The van der Waals surface area contributed by atoms with Crippen molar-refractivity contribution < 1.29 is 29.6 Å². The van der Waals surface area contributed by atoms with Crippen LogP contribution in [0, 0.1) is 11.3 Å². The Hall–Kier alpha value is -4.00. The van der Waals surface area contributed by atoms with Crippen molar-refractivity contribution in [1.29, 1.82) is 0 Å². The summed E-state index contributed by atoms with van der Waals surface area (Å²) in [6, 6.07) is 14.3. The van der Waals surface area contributed by atoms with Gasteiger partial charge in [-0.15, -0.1) is 0 Å². The lowest BCUT2D eigenvalue weighted by atomic mass is 9.80. The number of rotatable bonds is 8. The number of nitrogens with one attached hydrogen (secondary N) is 1. The normalized spacial score (nSPS) is 13.0. The SMILES string of the molecule is CC(C)CCC(C)(C)CC(=O)Nc1ccc(C2c3ccc(O)cc3Oc3cc(O)ccc32)c(C(=O)O)c1. The van der Waals surface area contributed by atoms with E-state index in [1.807, 2.05) is 0 Å². The van der Waals surface area contributed by atoms with Gasteiger partial charge >= 0.3 is 5.97 Å². The molecule has 3 aromatic carbocycles. The van der Waals surface area contributed by atoms with Crippen molar-refractivity contribution in [3.63, 3.8) is 0 Å². The molecule has 0 aromatic heterocycles. The first kappa shape index (κ1) is 26.1. The van der Waals surface area contributed by atoms with Crippen LogP contribution in [0.4, 0.5) is 5.69 Å². The Balaban J connectivity index is 1.69. The molecule has 0 unspecified atom stereocenters. The third kappa shape index (κ3) is 5.88. The van der Waals surface area contributed by atoms with Crippen LogP contribution in [0.2, 0.25) is 0 Å². The molecule has 0 spiro atoms. The van der Waals surface area contributed by atoms with Crippen molar-refractivity contribution in [3.8, 4) is 23.0 Å². The number of anilines is 1. The number of carbonyl (C=O) groups excluding carboxylic acids is 1. The molecule has 7 nitrogen and oxygen atoms in total. The van der Waals surface area contributed by atoms with Gasteiger partial charge in [-0.05, 0) is 47.6 Å². The highest BCUT2D eigenvalue weighted by Gasteiger charge is 2.32. The van der Waals surface area contributed by atoms with Crippen molar-refractivity contribution in [2.45, 2.75) is 52.9 Å². The fraction of sp³-hybridized carbons (Fsp3) is 0.333. The van der Waals surface area contributed by atoms with Gasteiger partial charge in [0.1, 0.15) is 23.0 Å². The number of carboxylic acids is 1. The quantitative estimate of drug-likeness (QED) is 0.208. The highest BCUT2D eigenvalue weighted by Crippen LogP contribution is 2.50. The van der Waals surface area contributed by atoms with Gasteiger partial charge in [-0.3, -0.25) is 4.79 Å². The van der Waals surface area contributed by atoms with Crippen LogP contribution in [0.5, 0.6) is 23.0 Å². The van der Waals surface area contributed by atoms with Gasteiger partial charge in [0.05, 0.1) is 5.56 Å². The first-order valence-electron chi connectivity index (χ1n) is 12.4. The second-order valence-corrected chi connectivity index (χ2v) is 10.9. The molecule has 0 bridgehead atoms. The van der Waals surface area contributed by atoms with E-state index in [9.17, 15) is 24.9 Å². The number of amides is 1. The number of aromatic carboxylic acids is 1. The molecule has 3 aromatic rings. The summed E-state index contributed by atoms with van der Waals surface area (Å²) in [6.45, 7) is 8.45. The van der Waals surface area contributed by atoms with E-state index in [1.165, 1.54) is 30.3 Å². The number of benzene rings is 3. The Morgan fingerprint density at radius 1 is 0.919 bits per heavy atom. The highest BCUT2D eigenvalue weighted by molar-refractivity contribution is 5.95. The van der Waals surface area contributed by atoms with E-state index in [2.05, 4.69) is 33.0 Å². The molecule has 0 aliphatic carbocycles. The van der Waals surface area contributed by atoms with Gasteiger partial charge in [0.2, 0.25) is 5.91 Å². The van der Waals surface area contributed by atoms with Crippen molar-refractivity contribution >= 4 is 17.6 Å². The smallest absolute Gasteiger partial charge is 0.336 e. The Kier molecular flexibility index (Phi) is 7.16. The molecule has 7 heteroatoms. The average molecular weight is 504 g/mol. The number of carbonyl (C=O) groups is 2. The maximum absolute atomic E-state index is 12.8. The van der Waals surface area contributed by atoms with Crippen molar-refractivity contribution in [2.24, 2.45) is 11.3 Å². The van der Waals surface area contributed by atoms with Gasteiger partial charge in [-0.25, -0.2) is 4.79 Å². The number of phenolic OH excluding ortho intramolecular Hbond substituents is 2. The molecule has 4 rings (SSSR count). The predicted molar refractivity (Wildman–Crippen MR) is 142 cm³/mol. The third-order valence-electron chi connectivity index (χ3n) is 6.75. The lowest BCUT2D eigenvalue weighted by Gasteiger charge is -2.30. The van der Waals surface area contributed by atoms with Gasteiger partial charge in [-0.2, -0.15) is 0 Å². The van der Waals surface area contributed by atoms with Gasteiger partial charge in [-0.1, -0.05) is 52.3 Å². The molecular formula is C30H33NO6. The first-order chi connectivity index (χ1) is 17.4. The third-order valence-corrected chi connectivity index (χ3v) is 6.75. The van der Waals surface area contributed by atoms with Gasteiger partial charge in [0.25, 0.3) is 0 Å². The molecule has 4 N–H and O–H groups in total. The maximum atomic E-state index is 12.8. The molecule has 1 aliphatic rings. The van der Waals surface area contributed by atoms with Gasteiger partial charge in [0, 0.05) is 41.3 Å². The zero-order valence-electron chi connectivity index (χ0n) is 21.5. The summed E-state index contributed by atoms with van der Waals surface area (Å²) in [7, 11) is 0. The van der Waals surface area contributed by atoms with Crippen LogP contribution in [0.25, 0.3) is 0 Å². The van der Waals surface area contributed by atoms with E-state index in [-0.39, 0.29) is 28.4 Å². The van der Waals surface area contributed by atoms with Gasteiger partial charge in [0.15, 0.2) is 0 Å². The summed E-state index contributed by atoms with van der Waals surface area (Å²) >= 11 is 0. The number of hydrogen-bond acceptors (Lipinski definition) is 5. The fourth-order valence-electron chi connectivity index (χ4n) is 4.80. The molecule has 0 saturated heterocycles. The number of hydrogen-bond donors (Lipinski definition) is 4. The molecule has 1 amide bonds.